The van der Waals surface area contributed by atoms with Crippen LogP contribution in [0.5, 0.6) is 5.75 Å². The van der Waals surface area contributed by atoms with Crippen LogP contribution >= 0.6 is 11.3 Å². The third kappa shape index (κ3) is 4.00. The van der Waals surface area contributed by atoms with E-state index in [0.29, 0.717) is 20.5 Å². The average molecular weight is 365 g/mol. The first-order valence-corrected chi connectivity index (χ1v) is 8.96. The van der Waals surface area contributed by atoms with Gasteiger partial charge in [-0.25, -0.2) is 0 Å². The molecule has 0 amide bonds. The molecule has 0 unspecified atom stereocenters. The van der Waals surface area contributed by atoms with Crippen molar-refractivity contribution in [3.63, 3.8) is 0 Å². The first-order chi connectivity index (χ1) is 12.5. The van der Waals surface area contributed by atoms with Gasteiger partial charge in [-0.1, -0.05) is 23.8 Å². The van der Waals surface area contributed by atoms with Crippen molar-refractivity contribution in [3.05, 3.63) is 84.3 Å². The highest BCUT2D eigenvalue weighted by molar-refractivity contribution is 7.07. The number of aromatic amines is 1. The van der Waals surface area contributed by atoms with Gasteiger partial charge in [0.2, 0.25) is 0 Å². The van der Waals surface area contributed by atoms with Crippen LogP contribution in [-0.4, -0.2) is 17.9 Å². The molecule has 0 radical (unpaired) electrons. The molecule has 0 aliphatic carbocycles. The molecule has 26 heavy (non-hydrogen) atoms. The number of ether oxygens (including phenoxy) is 1. The van der Waals surface area contributed by atoms with Crippen molar-refractivity contribution in [2.24, 2.45) is 0 Å². The lowest BCUT2D eigenvalue weighted by Crippen LogP contribution is -2.20. The van der Waals surface area contributed by atoms with Crippen LogP contribution < -0.4 is 19.5 Å². The van der Waals surface area contributed by atoms with E-state index >= 15 is 0 Å². The standard InChI is InChI=1S/C21H19NO3S/c1-13-4-5-14(2)16(10-13)11-19-21(24)22-20(26-19)12-18(23)15-6-8-17(25-3)9-7-15/h4-12H,1-3H3,(H,22,24). The van der Waals surface area contributed by atoms with Crippen LogP contribution in [-0.2, 0) is 0 Å². The molecule has 0 saturated heterocycles. The number of hydrogen-bond acceptors (Lipinski definition) is 4. The molecule has 3 aromatic rings. The third-order valence-corrected chi connectivity index (χ3v) is 5.00. The van der Waals surface area contributed by atoms with E-state index in [9.17, 15) is 9.59 Å². The molecule has 0 aliphatic rings. The Morgan fingerprint density at radius 3 is 2.54 bits per heavy atom. The fraction of sp³-hybridized carbons (Fsp3) is 0.143. The van der Waals surface area contributed by atoms with Gasteiger partial charge in [-0.3, -0.25) is 9.59 Å². The first kappa shape index (κ1) is 17.9. The molecule has 0 atom stereocenters. The number of rotatable bonds is 4. The third-order valence-electron chi connectivity index (χ3n) is 4.04. The summed E-state index contributed by atoms with van der Waals surface area (Å²) in [5.74, 6) is 0.528. The molecule has 1 aromatic heterocycles. The molecule has 132 valence electrons. The van der Waals surface area contributed by atoms with E-state index in [2.05, 4.69) is 4.98 Å². The van der Waals surface area contributed by atoms with Crippen LogP contribution in [0, 0.1) is 13.8 Å². The number of H-pyrrole nitrogens is 1. The zero-order valence-corrected chi connectivity index (χ0v) is 15.6. The summed E-state index contributed by atoms with van der Waals surface area (Å²) in [6, 6.07) is 13.0. The Morgan fingerprint density at radius 1 is 1.12 bits per heavy atom. The number of aryl methyl sites for hydroxylation is 2. The fourth-order valence-corrected chi connectivity index (χ4v) is 3.41. The monoisotopic (exact) mass is 365 g/mol. The second kappa shape index (κ2) is 7.54. The molecule has 3 rings (SSSR count). The minimum Gasteiger partial charge on any atom is -0.497 e. The van der Waals surface area contributed by atoms with E-state index in [1.54, 1.807) is 31.4 Å². The molecule has 1 heterocycles. The summed E-state index contributed by atoms with van der Waals surface area (Å²) in [5, 5.41) is 0. The van der Waals surface area contributed by atoms with E-state index < -0.39 is 0 Å². The van der Waals surface area contributed by atoms with Gasteiger partial charge >= 0.3 is 0 Å². The van der Waals surface area contributed by atoms with Gasteiger partial charge in [0.1, 0.15) is 5.75 Å². The van der Waals surface area contributed by atoms with Crippen molar-refractivity contribution in [3.8, 4) is 5.75 Å². The van der Waals surface area contributed by atoms with Crippen molar-refractivity contribution in [2.75, 3.05) is 7.11 Å². The molecule has 1 N–H and O–H groups in total. The first-order valence-electron chi connectivity index (χ1n) is 8.14. The fourth-order valence-electron chi connectivity index (χ4n) is 2.54. The lowest BCUT2D eigenvalue weighted by Gasteiger charge is -2.00. The average Bonchev–Trinajstić information content (AvgIpc) is 2.97. The molecule has 4 nitrogen and oxygen atoms in total. The normalized spacial score (nSPS) is 12.4. The Labute approximate surface area is 155 Å². The van der Waals surface area contributed by atoms with E-state index in [1.165, 1.54) is 17.4 Å². The minimum atomic E-state index is -0.190. The minimum absolute atomic E-state index is 0.163. The predicted molar refractivity (Wildman–Crippen MR) is 105 cm³/mol. The number of benzene rings is 2. The molecule has 0 aliphatic heterocycles. The Bertz CT molecular complexity index is 1120. The lowest BCUT2D eigenvalue weighted by atomic mass is 10.1. The van der Waals surface area contributed by atoms with Gasteiger partial charge in [-0.2, -0.15) is 0 Å². The molecular weight excluding hydrogens is 346 g/mol. The van der Waals surface area contributed by atoms with Gasteiger partial charge in [-0.05, 0) is 55.3 Å². The highest BCUT2D eigenvalue weighted by Crippen LogP contribution is 2.12. The summed E-state index contributed by atoms with van der Waals surface area (Å²) in [6.45, 7) is 4.02. The highest BCUT2D eigenvalue weighted by atomic mass is 32.1. The Hall–Kier alpha value is -2.92. The number of methoxy groups -OCH3 is 1. The van der Waals surface area contributed by atoms with Crippen LogP contribution in [0.4, 0.5) is 0 Å². The van der Waals surface area contributed by atoms with Crippen LogP contribution in [0.3, 0.4) is 0 Å². The zero-order chi connectivity index (χ0) is 18.7. The topological polar surface area (TPSA) is 59.2 Å². The SMILES string of the molecule is COc1ccc(C(=O)C=c2[nH]c(=O)c(=Cc3cc(C)ccc3C)s2)cc1. The Balaban J connectivity index is 1.97. The smallest absolute Gasteiger partial charge is 0.266 e. The maximum Gasteiger partial charge on any atom is 0.266 e. The summed E-state index contributed by atoms with van der Waals surface area (Å²) in [7, 11) is 1.58. The van der Waals surface area contributed by atoms with Crippen molar-refractivity contribution in [1.29, 1.82) is 0 Å². The van der Waals surface area contributed by atoms with E-state index in [1.807, 2.05) is 38.1 Å². The number of thiazole rings is 1. The van der Waals surface area contributed by atoms with Crippen molar-refractivity contribution in [1.82, 2.24) is 4.98 Å². The van der Waals surface area contributed by atoms with Crippen molar-refractivity contribution in [2.45, 2.75) is 13.8 Å². The van der Waals surface area contributed by atoms with Crippen LogP contribution in [0.25, 0.3) is 12.2 Å². The number of ketones is 1. The molecule has 0 saturated carbocycles. The van der Waals surface area contributed by atoms with E-state index in [0.717, 1.165) is 16.7 Å². The van der Waals surface area contributed by atoms with Gasteiger partial charge < -0.3 is 9.72 Å². The number of hydrogen-bond donors (Lipinski definition) is 1. The van der Waals surface area contributed by atoms with Crippen LogP contribution in [0.1, 0.15) is 27.0 Å². The predicted octanol–water partition coefficient (Wildman–Crippen LogP) is 2.55. The lowest BCUT2D eigenvalue weighted by molar-refractivity contribution is 0.106. The largest absolute Gasteiger partial charge is 0.497 e. The van der Waals surface area contributed by atoms with Gasteiger partial charge in [0.05, 0.1) is 16.3 Å². The van der Waals surface area contributed by atoms with Crippen molar-refractivity contribution >= 4 is 29.3 Å². The summed E-state index contributed by atoms with van der Waals surface area (Å²) < 4.78 is 6.20. The maximum absolute atomic E-state index is 12.4. The molecule has 2 aromatic carbocycles. The molecule has 0 fully saturated rings. The van der Waals surface area contributed by atoms with Gasteiger partial charge in [-0.15, -0.1) is 11.3 Å². The second-order valence-corrected chi connectivity index (χ2v) is 7.11. The molecule has 0 bridgehead atoms. The summed E-state index contributed by atoms with van der Waals surface area (Å²) in [5.41, 5.74) is 3.59. The highest BCUT2D eigenvalue weighted by Gasteiger charge is 2.04. The van der Waals surface area contributed by atoms with Crippen molar-refractivity contribution < 1.29 is 9.53 Å². The zero-order valence-electron chi connectivity index (χ0n) is 14.8. The number of aromatic nitrogens is 1. The number of carbonyl (C=O) groups excluding carboxylic acids is 1. The van der Waals surface area contributed by atoms with E-state index in [-0.39, 0.29) is 11.3 Å². The second-order valence-electron chi connectivity index (χ2n) is 6.03. The number of carbonyl (C=O) groups is 1. The molecular formula is C21H19NO3S. The summed E-state index contributed by atoms with van der Waals surface area (Å²) in [6.07, 6.45) is 3.31. The van der Waals surface area contributed by atoms with Crippen LogP contribution in [0.15, 0.2) is 47.3 Å². The van der Waals surface area contributed by atoms with E-state index in [4.69, 9.17) is 4.74 Å². The summed E-state index contributed by atoms with van der Waals surface area (Å²) >= 11 is 1.27. The number of Topliss-reactive ketones (excluding diaryl/α,β-unsaturated/α-hetero) is 1. The van der Waals surface area contributed by atoms with Gasteiger partial charge in [0, 0.05) is 11.6 Å². The van der Waals surface area contributed by atoms with Crippen LogP contribution in [0.2, 0.25) is 0 Å². The quantitative estimate of drug-likeness (QED) is 0.723. The number of nitrogens with one attached hydrogen (secondary N) is 1. The van der Waals surface area contributed by atoms with Gasteiger partial charge in [0.15, 0.2) is 5.78 Å². The maximum atomic E-state index is 12.4. The van der Waals surface area contributed by atoms with Gasteiger partial charge in [0.25, 0.3) is 5.56 Å². The molecule has 5 heteroatoms. The molecule has 0 spiro atoms. The Kier molecular flexibility index (Phi) is 5.19. The Morgan fingerprint density at radius 2 is 1.85 bits per heavy atom. The summed E-state index contributed by atoms with van der Waals surface area (Å²) in [4.78, 5) is 27.3.